The predicted octanol–water partition coefficient (Wildman–Crippen LogP) is 4.99. The smallest absolute Gasteiger partial charge is 0.00965 e. The molecule has 0 aromatic heterocycles. The zero-order chi connectivity index (χ0) is 15.2. The minimum absolute atomic E-state index is 0.231. The Hall–Kier alpha value is -0.820. The van der Waals surface area contributed by atoms with E-state index in [0.717, 1.165) is 6.54 Å². The normalized spacial score (nSPS) is 12.7. The van der Waals surface area contributed by atoms with Gasteiger partial charge in [-0.15, -0.1) is 0 Å². The van der Waals surface area contributed by atoms with Crippen LogP contribution in [0.3, 0.4) is 0 Å². The van der Waals surface area contributed by atoms with Gasteiger partial charge in [0, 0.05) is 5.54 Å². The van der Waals surface area contributed by atoms with Crippen LogP contribution in [0.5, 0.6) is 0 Å². The van der Waals surface area contributed by atoms with E-state index < -0.39 is 0 Å². The molecule has 0 atom stereocenters. The first kappa shape index (κ1) is 17.2. The number of nitrogens with one attached hydrogen (secondary N) is 1. The molecule has 1 aromatic rings. The molecule has 1 rings (SSSR count). The van der Waals surface area contributed by atoms with E-state index in [0.29, 0.717) is 5.41 Å². The molecule has 0 aliphatic carbocycles. The number of hydrogen-bond acceptors (Lipinski definition) is 1. The number of hydrogen-bond donors (Lipinski definition) is 1. The first-order valence-corrected chi connectivity index (χ1v) is 7.99. The summed E-state index contributed by atoms with van der Waals surface area (Å²) in [6, 6.07) is 9.13. The van der Waals surface area contributed by atoms with Crippen molar-refractivity contribution in [2.45, 2.75) is 72.8 Å². The van der Waals surface area contributed by atoms with Gasteiger partial charge in [-0.2, -0.15) is 0 Å². The van der Waals surface area contributed by atoms with Crippen LogP contribution < -0.4 is 5.32 Å². The van der Waals surface area contributed by atoms with E-state index in [4.69, 9.17) is 0 Å². The third kappa shape index (κ3) is 8.37. The quantitative estimate of drug-likeness (QED) is 0.721. The van der Waals surface area contributed by atoms with Crippen molar-refractivity contribution in [1.29, 1.82) is 0 Å². The maximum absolute atomic E-state index is 3.55. The first-order valence-electron chi connectivity index (χ1n) is 7.99. The SMILES string of the molecule is CC(C)(C)CCc1cccc(CCCNC(C)(C)C)c1. The Kier molecular flexibility index (Phi) is 6.26. The highest BCUT2D eigenvalue weighted by Crippen LogP contribution is 2.21. The van der Waals surface area contributed by atoms with Gasteiger partial charge in [0.25, 0.3) is 0 Å². The third-order valence-electron chi connectivity index (χ3n) is 3.45. The van der Waals surface area contributed by atoms with Crippen LogP contribution in [0.25, 0.3) is 0 Å². The van der Waals surface area contributed by atoms with Gasteiger partial charge in [-0.3, -0.25) is 0 Å². The van der Waals surface area contributed by atoms with Crippen LogP contribution in [0.15, 0.2) is 24.3 Å². The topological polar surface area (TPSA) is 12.0 Å². The van der Waals surface area contributed by atoms with E-state index in [2.05, 4.69) is 71.1 Å². The minimum atomic E-state index is 0.231. The summed E-state index contributed by atoms with van der Waals surface area (Å²) in [6.07, 6.45) is 4.83. The molecular formula is C19H33N. The molecule has 0 saturated heterocycles. The average molecular weight is 275 g/mol. The standard InChI is InChI=1S/C19H33N/c1-18(2,3)13-12-17-10-7-9-16(15-17)11-8-14-20-19(4,5)6/h7,9-10,15,20H,8,11-14H2,1-6H3. The third-order valence-corrected chi connectivity index (χ3v) is 3.45. The van der Waals surface area contributed by atoms with E-state index >= 15 is 0 Å². The van der Waals surface area contributed by atoms with Crippen molar-refractivity contribution >= 4 is 0 Å². The van der Waals surface area contributed by atoms with Crippen LogP contribution >= 0.6 is 0 Å². The van der Waals surface area contributed by atoms with Crippen molar-refractivity contribution in [3.8, 4) is 0 Å². The summed E-state index contributed by atoms with van der Waals surface area (Å²) in [4.78, 5) is 0. The van der Waals surface area contributed by atoms with Crippen LogP contribution in [-0.2, 0) is 12.8 Å². The maximum atomic E-state index is 3.55. The molecule has 1 aromatic carbocycles. The fraction of sp³-hybridized carbons (Fsp3) is 0.684. The molecule has 0 spiro atoms. The lowest BCUT2D eigenvalue weighted by molar-refractivity contribution is 0.378. The lowest BCUT2D eigenvalue weighted by atomic mass is 9.88. The Labute approximate surface area is 126 Å². The highest BCUT2D eigenvalue weighted by Gasteiger charge is 2.10. The van der Waals surface area contributed by atoms with Crippen molar-refractivity contribution in [3.63, 3.8) is 0 Å². The molecule has 0 saturated carbocycles. The number of benzene rings is 1. The second kappa shape index (κ2) is 7.26. The minimum Gasteiger partial charge on any atom is -0.312 e. The van der Waals surface area contributed by atoms with E-state index in [1.165, 1.54) is 36.8 Å². The molecule has 0 aliphatic heterocycles. The molecule has 0 bridgehead atoms. The van der Waals surface area contributed by atoms with Crippen LogP contribution in [-0.4, -0.2) is 12.1 Å². The molecule has 0 radical (unpaired) electrons. The van der Waals surface area contributed by atoms with Crippen LogP contribution in [0.2, 0.25) is 0 Å². The van der Waals surface area contributed by atoms with Crippen molar-refractivity contribution in [3.05, 3.63) is 35.4 Å². The molecule has 20 heavy (non-hydrogen) atoms. The average Bonchev–Trinajstić information content (AvgIpc) is 2.31. The molecule has 114 valence electrons. The molecule has 0 aliphatic rings. The molecule has 1 N–H and O–H groups in total. The summed E-state index contributed by atoms with van der Waals surface area (Å²) in [7, 11) is 0. The van der Waals surface area contributed by atoms with Gasteiger partial charge >= 0.3 is 0 Å². The van der Waals surface area contributed by atoms with Gasteiger partial charge in [0.15, 0.2) is 0 Å². The van der Waals surface area contributed by atoms with Crippen LogP contribution in [0.1, 0.15) is 65.5 Å². The molecule has 0 heterocycles. The lowest BCUT2D eigenvalue weighted by Crippen LogP contribution is -2.36. The van der Waals surface area contributed by atoms with Gasteiger partial charge in [-0.1, -0.05) is 45.0 Å². The van der Waals surface area contributed by atoms with Gasteiger partial charge in [-0.05, 0) is 69.5 Å². The van der Waals surface area contributed by atoms with Gasteiger partial charge in [0.2, 0.25) is 0 Å². The van der Waals surface area contributed by atoms with E-state index in [9.17, 15) is 0 Å². The second-order valence-corrected chi connectivity index (χ2v) is 8.16. The highest BCUT2D eigenvalue weighted by molar-refractivity contribution is 5.23. The Morgan fingerprint density at radius 1 is 0.900 bits per heavy atom. The Morgan fingerprint density at radius 3 is 2.05 bits per heavy atom. The Morgan fingerprint density at radius 2 is 1.50 bits per heavy atom. The van der Waals surface area contributed by atoms with Gasteiger partial charge in [0.1, 0.15) is 0 Å². The molecular weight excluding hydrogens is 242 g/mol. The second-order valence-electron chi connectivity index (χ2n) is 8.16. The van der Waals surface area contributed by atoms with Crippen molar-refractivity contribution in [1.82, 2.24) is 5.32 Å². The largest absolute Gasteiger partial charge is 0.312 e. The summed E-state index contributed by atoms with van der Waals surface area (Å²) >= 11 is 0. The number of rotatable bonds is 6. The van der Waals surface area contributed by atoms with E-state index in [1.54, 1.807) is 0 Å². The first-order chi connectivity index (χ1) is 9.16. The van der Waals surface area contributed by atoms with E-state index in [-0.39, 0.29) is 5.54 Å². The zero-order valence-electron chi connectivity index (χ0n) is 14.3. The van der Waals surface area contributed by atoms with Crippen molar-refractivity contribution in [2.75, 3.05) is 6.54 Å². The fourth-order valence-corrected chi connectivity index (χ4v) is 2.22. The van der Waals surface area contributed by atoms with E-state index in [1.807, 2.05) is 0 Å². The molecule has 0 fully saturated rings. The van der Waals surface area contributed by atoms with Gasteiger partial charge < -0.3 is 5.32 Å². The Balaban J connectivity index is 2.40. The molecule has 0 unspecified atom stereocenters. The summed E-state index contributed by atoms with van der Waals surface area (Å²) in [5, 5.41) is 3.55. The van der Waals surface area contributed by atoms with Crippen LogP contribution in [0, 0.1) is 5.41 Å². The number of aryl methyl sites for hydroxylation is 2. The fourth-order valence-electron chi connectivity index (χ4n) is 2.22. The Bertz CT molecular complexity index is 393. The molecule has 1 nitrogen and oxygen atoms in total. The highest BCUT2D eigenvalue weighted by atomic mass is 14.9. The summed E-state index contributed by atoms with van der Waals surface area (Å²) in [6.45, 7) is 14.7. The lowest BCUT2D eigenvalue weighted by Gasteiger charge is -2.20. The van der Waals surface area contributed by atoms with Gasteiger partial charge in [-0.25, -0.2) is 0 Å². The summed E-state index contributed by atoms with van der Waals surface area (Å²) in [5.74, 6) is 0. The summed E-state index contributed by atoms with van der Waals surface area (Å²) < 4.78 is 0. The van der Waals surface area contributed by atoms with Crippen molar-refractivity contribution < 1.29 is 0 Å². The molecule has 1 heteroatoms. The van der Waals surface area contributed by atoms with Crippen molar-refractivity contribution in [2.24, 2.45) is 5.41 Å². The summed E-state index contributed by atoms with van der Waals surface area (Å²) in [5.41, 5.74) is 3.62. The van der Waals surface area contributed by atoms with Crippen LogP contribution in [0.4, 0.5) is 0 Å². The predicted molar refractivity (Wildman–Crippen MR) is 90.3 cm³/mol. The maximum Gasteiger partial charge on any atom is 0.00965 e. The molecule has 0 amide bonds. The zero-order valence-corrected chi connectivity index (χ0v) is 14.3. The van der Waals surface area contributed by atoms with Gasteiger partial charge in [0.05, 0.1) is 0 Å². The monoisotopic (exact) mass is 275 g/mol.